The molecule has 0 aromatic carbocycles. The third-order valence-corrected chi connectivity index (χ3v) is 6.59. The molecular weight excluding hydrogens is 258 g/mol. The number of carbonyl (C=O) groups excluding carboxylic acids is 1. The fourth-order valence-electron chi connectivity index (χ4n) is 3.39. The summed E-state index contributed by atoms with van der Waals surface area (Å²) in [4.78, 5) is 16.8. The number of nitrogens with zero attached hydrogens (tertiary/aromatic N) is 1. The second-order valence-electron chi connectivity index (χ2n) is 5.70. The Morgan fingerprint density at radius 3 is 2.63 bits per heavy atom. The minimum atomic E-state index is -0.708. The Balaban J connectivity index is 1.82. The largest absolute Gasteiger partial charge is 0.292 e. The molecule has 4 heteroatoms. The molecule has 2 saturated heterocycles. The van der Waals surface area contributed by atoms with E-state index in [1.165, 1.54) is 6.42 Å². The number of pyridine rings is 1. The average Bonchev–Trinajstić information content (AvgIpc) is 2.38. The zero-order valence-corrected chi connectivity index (χ0v) is 12.0. The van der Waals surface area contributed by atoms with E-state index in [1.807, 2.05) is 19.1 Å². The van der Waals surface area contributed by atoms with Gasteiger partial charge in [-0.15, -0.1) is 0 Å². The molecule has 0 amide bonds. The Morgan fingerprint density at radius 1 is 1.32 bits per heavy atom. The van der Waals surface area contributed by atoms with Gasteiger partial charge in [0.05, 0.1) is 0 Å². The summed E-state index contributed by atoms with van der Waals surface area (Å²) in [6.07, 6.45) is 6.48. The molecule has 102 valence electrons. The third kappa shape index (κ3) is 2.38. The van der Waals surface area contributed by atoms with Crippen molar-refractivity contribution >= 4 is 16.6 Å². The van der Waals surface area contributed by atoms with Crippen LogP contribution in [-0.4, -0.2) is 25.5 Å². The average molecular weight is 277 g/mol. The summed E-state index contributed by atoms with van der Waals surface area (Å²) in [6, 6.07) is 3.79. The highest BCUT2D eigenvalue weighted by atomic mass is 32.2. The van der Waals surface area contributed by atoms with Gasteiger partial charge in [0.1, 0.15) is 5.69 Å². The van der Waals surface area contributed by atoms with E-state index in [4.69, 9.17) is 0 Å². The minimum Gasteiger partial charge on any atom is -0.292 e. The van der Waals surface area contributed by atoms with Crippen molar-refractivity contribution in [3.63, 3.8) is 0 Å². The number of ketones is 1. The summed E-state index contributed by atoms with van der Waals surface area (Å²) >= 11 is 0. The molecule has 3 nitrogen and oxygen atoms in total. The fourth-order valence-corrected chi connectivity index (χ4v) is 5.57. The molecule has 0 radical (unpaired) electrons. The summed E-state index contributed by atoms with van der Waals surface area (Å²) in [6.45, 7) is 1.93. The maximum Gasteiger partial charge on any atom is 0.184 e. The van der Waals surface area contributed by atoms with Crippen LogP contribution in [0.1, 0.15) is 48.2 Å². The number of Topliss-reactive ketones (excluding diaryl/α,β-unsaturated/α-hetero) is 1. The third-order valence-electron chi connectivity index (χ3n) is 4.42. The van der Waals surface area contributed by atoms with Crippen LogP contribution in [0.5, 0.6) is 0 Å². The topological polar surface area (TPSA) is 47.0 Å². The van der Waals surface area contributed by atoms with Gasteiger partial charge in [-0.05, 0) is 44.2 Å². The fraction of sp³-hybridized carbons (Fsp3) is 0.600. The molecule has 0 saturated carbocycles. The summed E-state index contributed by atoms with van der Waals surface area (Å²) in [5.74, 6) is 0.188. The van der Waals surface area contributed by atoms with Crippen molar-refractivity contribution < 1.29 is 9.00 Å². The van der Waals surface area contributed by atoms with Gasteiger partial charge in [0.15, 0.2) is 5.78 Å². The molecule has 2 atom stereocenters. The Bertz CT molecular complexity index is 513. The Kier molecular flexibility index (Phi) is 3.52. The molecule has 0 aliphatic carbocycles. The molecule has 0 N–H and O–H groups in total. The van der Waals surface area contributed by atoms with Crippen molar-refractivity contribution in [2.24, 2.45) is 5.92 Å². The van der Waals surface area contributed by atoms with E-state index in [0.717, 1.165) is 31.2 Å². The maximum absolute atomic E-state index is 12.6. The summed E-state index contributed by atoms with van der Waals surface area (Å²) in [5, 5.41) is 0.482. The van der Waals surface area contributed by atoms with Gasteiger partial charge in [-0.25, -0.2) is 0 Å². The van der Waals surface area contributed by atoms with Gasteiger partial charge in [0, 0.05) is 33.4 Å². The van der Waals surface area contributed by atoms with E-state index in [0.29, 0.717) is 5.69 Å². The van der Waals surface area contributed by atoms with Crippen LogP contribution in [0.15, 0.2) is 18.3 Å². The van der Waals surface area contributed by atoms with Crippen LogP contribution in [0.2, 0.25) is 0 Å². The van der Waals surface area contributed by atoms with Gasteiger partial charge >= 0.3 is 0 Å². The predicted octanol–water partition coefficient (Wildman–Crippen LogP) is 2.65. The maximum atomic E-state index is 12.6. The lowest BCUT2D eigenvalue weighted by Crippen LogP contribution is -2.41. The van der Waals surface area contributed by atoms with Crippen molar-refractivity contribution in [3.05, 3.63) is 29.6 Å². The molecule has 19 heavy (non-hydrogen) atoms. The number of aryl methyl sites for hydroxylation is 1. The van der Waals surface area contributed by atoms with Crippen LogP contribution in [0.3, 0.4) is 0 Å². The molecule has 2 bridgehead atoms. The van der Waals surface area contributed by atoms with Crippen LogP contribution < -0.4 is 0 Å². The van der Waals surface area contributed by atoms with E-state index >= 15 is 0 Å². The number of fused-ring (bicyclic) bond motifs is 2. The summed E-state index contributed by atoms with van der Waals surface area (Å²) in [7, 11) is -0.708. The first-order chi connectivity index (χ1) is 9.16. The number of aromatic nitrogens is 1. The standard InChI is InChI=1S/C15H19NO2S/c1-10-4-3-7-16-14(10)15(17)11-8-12-5-2-6-13(9-11)19(12)18/h3-4,7,11-13H,2,5-6,8-9H2,1H3. The molecule has 1 aromatic rings. The van der Waals surface area contributed by atoms with Gasteiger partial charge in [-0.3, -0.25) is 14.0 Å². The molecule has 3 rings (SSSR count). The molecule has 0 spiro atoms. The zero-order valence-electron chi connectivity index (χ0n) is 11.2. The lowest BCUT2D eigenvalue weighted by atomic mass is 9.85. The van der Waals surface area contributed by atoms with Gasteiger partial charge in [0.2, 0.25) is 0 Å². The second-order valence-corrected chi connectivity index (χ2v) is 7.70. The first kappa shape index (κ1) is 13.0. The van der Waals surface area contributed by atoms with Crippen molar-refractivity contribution in [3.8, 4) is 0 Å². The zero-order chi connectivity index (χ0) is 13.4. The number of rotatable bonds is 2. The van der Waals surface area contributed by atoms with Crippen molar-refractivity contribution in [2.75, 3.05) is 0 Å². The highest BCUT2D eigenvalue weighted by Gasteiger charge is 2.41. The summed E-state index contributed by atoms with van der Waals surface area (Å²) < 4.78 is 12.2. The van der Waals surface area contributed by atoms with E-state index in [9.17, 15) is 9.00 Å². The minimum absolute atomic E-state index is 0.0293. The monoisotopic (exact) mass is 277 g/mol. The second kappa shape index (κ2) is 5.16. The van der Waals surface area contributed by atoms with E-state index in [2.05, 4.69) is 4.98 Å². The van der Waals surface area contributed by atoms with Gasteiger partial charge in [0.25, 0.3) is 0 Å². The van der Waals surface area contributed by atoms with E-state index in [1.54, 1.807) is 6.20 Å². The van der Waals surface area contributed by atoms with E-state index < -0.39 is 10.8 Å². The number of hydrogen-bond donors (Lipinski definition) is 0. The highest BCUT2D eigenvalue weighted by molar-refractivity contribution is 7.86. The normalized spacial score (nSPS) is 33.9. The van der Waals surface area contributed by atoms with Crippen molar-refractivity contribution in [1.29, 1.82) is 0 Å². The molecule has 2 aliphatic heterocycles. The lowest BCUT2D eigenvalue weighted by molar-refractivity contribution is 0.0889. The van der Waals surface area contributed by atoms with Crippen LogP contribution >= 0.6 is 0 Å². The smallest absolute Gasteiger partial charge is 0.184 e. The Labute approximate surface area is 116 Å². The Morgan fingerprint density at radius 2 is 2.00 bits per heavy atom. The molecular formula is C15H19NO2S. The van der Waals surface area contributed by atoms with Crippen molar-refractivity contribution in [1.82, 2.24) is 4.98 Å². The number of carbonyl (C=O) groups is 1. The van der Waals surface area contributed by atoms with Gasteiger partial charge < -0.3 is 0 Å². The van der Waals surface area contributed by atoms with E-state index in [-0.39, 0.29) is 22.2 Å². The first-order valence-corrected chi connectivity index (χ1v) is 8.29. The van der Waals surface area contributed by atoms with Crippen molar-refractivity contribution in [2.45, 2.75) is 49.5 Å². The molecule has 3 heterocycles. The molecule has 2 fully saturated rings. The molecule has 2 unspecified atom stereocenters. The number of hydrogen-bond acceptors (Lipinski definition) is 3. The highest BCUT2D eigenvalue weighted by Crippen LogP contribution is 2.38. The first-order valence-electron chi connectivity index (χ1n) is 7.02. The lowest BCUT2D eigenvalue weighted by Gasteiger charge is -2.37. The SMILES string of the molecule is Cc1cccnc1C(=O)C1CC2CCCC(C1)S2=O. The predicted molar refractivity (Wildman–Crippen MR) is 75.6 cm³/mol. The Hall–Kier alpha value is -1.03. The van der Waals surface area contributed by atoms with Crippen LogP contribution in [0.25, 0.3) is 0 Å². The van der Waals surface area contributed by atoms with Crippen LogP contribution in [-0.2, 0) is 10.8 Å². The van der Waals surface area contributed by atoms with Gasteiger partial charge in [-0.1, -0.05) is 12.5 Å². The van der Waals surface area contributed by atoms with Crippen LogP contribution in [0.4, 0.5) is 0 Å². The summed E-state index contributed by atoms with van der Waals surface area (Å²) in [5.41, 5.74) is 1.56. The van der Waals surface area contributed by atoms with Crippen LogP contribution in [0, 0.1) is 12.8 Å². The molecule has 2 aliphatic rings. The molecule has 1 aromatic heterocycles. The van der Waals surface area contributed by atoms with Gasteiger partial charge in [-0.2, -0.15) is 0 Å². The quantitative estimate of drug-likeness (QED) is 0.781.